The molecule has 1 aromatic carbocycles. The lowest BCUT2D eigenvalue weighted by Crippen LogP contribution is -2.04. The highest BCUT2D eigenvalue weighted by Gasteiger charge is 2.09. The lowest BCUT2D eigenvalue weighted by atomic mass is 10.1. The van der Waals surface area contributed by atoms with Crippen LogP contribution in [-0.2, 0) is 6.42 Å². The van der Waals surface area contributed by atoms with Crippen molar-refractivity contribution in [3.63, 3.8) is 0 Å². The quantitative estimate of drug-likeness (QED) is 0.738. The predicted octanol–water partition coefficient (Wildman–Crippen LogP) is 4.27. The Kier molecular flexibility index (Phi) is 5.32. The second kappa shape index (κ2) is 6.28. The van der Waals surface area contributed by atoms with E-state index >= 15 is 0 Å². The Hall–Kier alpha value is -0.350. The molecule has 0 aliphatic rings. The SMILES string of the molecule is FC(F)Oc1ccc(Cl)cc1CCCBr. The maximum Gasteiger partial charge on any atom is 0.387 e. The minimum atomic E-state index is -2.80. The highest BCUT2D eigenvalue weighted by Crippen LogP contribution is 2.25. The zero-order valence-corrected chi connectivity index (χ0v) is 10.2. The van der Waals surface area contributed by atoms with Crippen LogP contribution in [0.25, 0.3) is 0 Å². The Bertz CT molecular complexity index is 320. The summed E-state index contributed by atoms with van der Waals surface area (Å²) in [5.74, 6) is 0.204. The third-order valence-electron chi connectivity index (χ3n) is 1.82. The lowest BCUT2D eigenvalue weighted by molar-refractivity contribution is -0.0504. The Labute approximate surface area is 101 Å². The Balaban J connectivity index is 2.82. The molecule has 1 aromatic rings. The van der Waals surface area contributed by atoms with Crippen LogP contribution in [0.5, 0.6) is 5.75 Å². The third-order valence-corrected chi connectivity index (χ3v) is 2.61. The first-order chi connectivity index (χ1) is 7.13. The molecule has 0 aromatic heterocycles. The van der Waals surface area contributed by atoms with Gasteiger partial charge in [-0.05, 0) is 36.6 Å². The molecule has 1 nitrogen and oxygen atoms in total. The molecule has 0 amide bonds. The van der Waals surface area contributed by atoms with E-state index in [-0.39, 0.29) is 5.75 Å². The van der Waals surface area contributed by atoms with Gasteiger partial charge in [0.25, 0.3) is 0 Å². The molecular weight excluding hydrogens is 289 g/mol. The maximum absolute atomic E-state index is 12.1. The van der Waals surface area contributed by atoms with Gasteiger partial charge in [0.05, 0.1) is 0 Å². The predicted molar refractivity (Wildman–Crippen MR) is 60.2 cm³/mol. The van der Waals surface area contributed by atoms with Crippen LogP contribution in [-0.4, -0.2) is 11.9 Å². The first-order valence-corrected chi connectivity index (χ1v) is 5.92. The topological polar surface area (TPSA) is 9.23 Å². The van der Waals surface area contributed by atoms with Gasteiger partial charge in [-0.3, -0.25) is 0 Å². The van der Waals surface area contributed by atoms with E-state index in [1.807, 2.05) is 0 Å². The molecule has 0 saturated heterocycles. The monoisotopic (exact) mass is 298 g/mol. The van der Waals surface area contributed by atoms with Crippen LogP contribution in [0.2, 0.25) is 5.02 Å². The molecule has 0 N–H and O–H groups in total. The molecule has 0 radical (unpaired) electrons. The Morgan fingerprint density at radius 1 is 1.40 bits per heavy atom. The van der Waals surface area contributed by atoms with Crippen molar-refractivity contribution in [1.29, 1.82) is 0 Å². The summed E-state index contributed by atoms with van der Waals surface area (Å²) < 4.78 is 28.5. The summed E-state index contributed by atoms with van der Waals surface area (Å²) in [6.07, 6.45) is 1.51. The standard InChI is InChI=1S/C10H10BrClF2O/c11-5-1-2-7-6-8(12)3-4-9(7)15-10(13)14/h3-4,6,10H,1-2,5H2. The number of ether oxygens (including phenoxy) is 1. The van der Waals surface area contributed by atoms with Gasteiger partial charge in [-0.1, -0.05) is 27.5 Å². The number of halogens is 4. The molecule has 0 heterocycles. The summed E-state index contributed by atoms with van der Waals surface area (Å²) in [4.78, 5) is 0. The molecule has 15 heavy (non-hydrogen) atoms. The van der Waals surface area contributed by atoms with Crippen molar-refractivity contribution in [1.82, 2.24) is 0 Å². The molecule has 0 unspecified atom stereocenters. The van der Waals surface area contributed by atoms with E-state index < -0.39 is 6.61 Å². The van der Waals surface area contributed by atoms with Gasteiger partial charge in [0.1, 0.15) is 5.75 Å². The first-order valence-electron chi connectivity index (χ1n) is 4.42. The van der Waals surface area contributed by atoms with Crippen molar-refractivity contribution < 1.29 is 13.5 Å². The average molecular weight is 300 g/mol. The highest BCUT2D eigenvalue weighted by atomic mass is 79.9. The van der Waals surface area contributed by atoms with E-state index in [4.69, 9.17) is 11.6 Å². The number of alkyl halides is 3. The molecule has 0 spiro atoms. The Morgan fingerprint density at radius 2 is 2.13 bits per heavy atom. The molecule has 5 heteroatoms. The van der Waals surface area contributed by atoms with Crippen molar-refractivity contribution in [3.05, 3.63) is 28.8 Å². The van der Waals surface area contributed by atoms with Crippen LogP contribution in [0.15, 0.2) is 18.2 Å². The van der Waals surface area contributed by atoms with Gasteiger partial charge in [0.2, 0.25) is 0 Å². The number of aryl methyl sites for hydroxylation is 1. The van der Waals surface area contributed by atoms with E-state index in [0.29, 0.717) is 17.0 Å². The van der Waals surface area contributed by atoms with E-state index in [0.717, 1.165) is 11.8 Å². The van der Waals surface area contributed by atoms with Crippen LogP contribution in [0, 0.1) is 0 Å². The summed E-state index contributed by atoms with van der Waals surface area (Å²) in [6, 6.07) is 4.66. The van der Waals surface area contributed by atoms with Crippen LogP contribution in [0.3, 0.4) is 0 Å². The smallest absolute Gasteiger partial charge is 0.387 e. The summed E-state index contributed by atoms with van der Waals surface area (Å²) in [5, 5.41) is 1.34. The van der Waals surface area contributed by atoms with E-state index in [1.165, 1.54) is 12.1 Å². The largest absolute Gasteiger partial charge is 0.435 e. The number of hydrogen-bond donors (Lipinski definition) is 0. The van der Waals surface area contributed by atoms with Crippen molar-refractivity contribution in [2.24, 2.45) is 0 Å². The van der Waals surface area contributed by atoms with E-state index in [9.17, 15) is 8.78 Å². The molecule has 84 valence electrons. The molecule has 0 aliphatic carbocycles. The number of hydrogen-bond acceptors (Lipinski definition) is 1. The van der Waals surface area contributed by atoms with Gasteiger partial charge in [-0.2, -0.15) is 8.78 Å². The van der Waals surface area contributed by atoms with Gasteiger partial charge in [0, 0.05) is 10.4 Å². The molecule has 0 aliphatic heterocycles. The second-order valence-corrected chi connectivity index (χ2v) is 4.15. The molecule has 1 rings (SSSR count). The zero-order chi connectivity index (χ0) is 11.3. The fourth-order valence-electron chi connectivity index (χ4n) is 1.21. The fraction of sp³-hybridized carbons (Fsp3) is 0.400. The zero-order valence-electron chi connectivity index (χ0n) is 7.85. The van der Waals surface area contributed by atoms with Crippen molar-refractivity contribution in [2.45, 2.75) is 19.5 Å². The highest BCUT2D eigenvalue weighted by molar-refractivity contribution is 9.09. The van der Waals surface area contributed by atoms with Crippen molar-refractivity contribution in [2.75, 3.05) is 5.33 Å². The molecule has 0 fully saturated rings. The third kappa shape index (κ3) is 4.34. The average Bonchev–Trinajstić information content (AvgIpc) is 2.18. The molecular formula is C10H10BrClF2O. The molecule has 0 saturated carbocycles. The molecule has 0 atom stereocenters. The van der Waals surface area contributed by atoms with Gasteiger partial charge in [-0.25, -0.2) is 0 Å². The number of benzene rings is 1. The first kappa shape index (κ1) is 12.7. The van der Waals surface area contributed by atoms with E-state index in [1.54, 1.807) is 6.07 Å². The van der Waals surface area contributed by atoms with Crippen LogP contribution < -0.4 is 4.74 Å². The maximum atomic E-state index is 12.1. The fourth-order valence-corrected chi connectivity index (χ4v) is 1.69. The summed E-state index contributed by atoms with van der Waals surface area (Å²) in [6.45, 7) is -2.80. The minimum absolute atomic E-state index is 0.204. The second-order valence-electron chi connectivity index (χ2n) is 2.92. The van der Waals surface area contributed by atoms with Gasteiger partial charge in [-0.15, -0.1) is 0 Å². The summed E-state index contributed by atoms with van der Waals surface area (Å²) in [5.41, 5.74) is 0.710. The van der Waals surface area contributed by atoms with Crippen molar-refractivity contribution >= 4 is 27.5 Å². The summed E-state index contributed by atoms with van der Waals surface area (Å²) >= 11 is 9.06. The van der Waals surface area contributed by atoms with Gasteiger partial charge in [0.15, 0.2) is 0 Å². The van der Waals surface area contributed by atoms with Crippen molar-refractivity contribution in [3.8, 4) is 5.75 Å². The van der Waals surface area contributed by atoms with Crippen LogP contribution in [0.1, 0.15) is 12.0 Å². The van der Waals surface area contributed by atoms with Gasteiger partial charge < -0.3 is 4.74 Å². The van der Waals surface area contributed by atoms with Crippen LogP contribution in [0.4, 0.5) is 8.78 Å². The van der Waals surface area contributed by atoms with Crippen LogP contribution >= 0.6 is 27.5 Å². The normalized spacial score (nSPS) is 10.7. The number of rotatable bonds is 5. The van der Waals surface area contributed by atoms with Gasteiger partial charge >= 0.3 is 6.61 Å². The minimum Gasteiger partial charge on any atom is -0.435 e. The molecule has 0 bridgehead atoms. The van der Waals surface area contributed by atoms with E-state index in [2.05, 4.69) is 20.7 Å². The lowest BCUT2D eigenvalue weighted by Gasteiger charge is -2.10. The Morgan fingerprint density at radius 3 is 2.73 bits per heavy atom. The summed E-state index contributed by atoms with van der Waals surface area (Å²) in [7, 11) is 0.